The molecule has 2 aromatic carbocycles. The number of hydrogen-bond donors (Lipinski definition) is 2. The molecule has 1 aromatic heterocycles. The van der Waals surface area contributed by atoms with E-state index in [4.69, 9.17) is 4.74 Å². The monoisotopic (exact) mass is 379 g/mol. The lowest BCUT2D eigenvalue weighted by Crippen LogP contribution is -2.23. The van der Waals surface area contributed by atoms with Gasteiger partial charge in [0, 0.05) is 30.4 Å². The smallest absolute Gasteiger partial charge is 0.251 e. The minimum atomic E-state index is -0.335. The van der Waals surface area contributed by atoms with Crippen molar-refractivity contribution in [2.75, 3.05) is 19.0 Å². The maximum Gasteiger partial charge on any atom is 0.251 e. The number of pyridine rings is 1. The number of rotatable bonds is 8. The number of amides is 1. The molecule has 0 aliphatic rings. The van der Waals surface area contributed by atoms with E-state index in [1.54, 1.807) is 43.6 Å². The van der Waals surface area contributed by atoms with Gasteiger partial charge < -0.3 is 15.4 Å². The fourth-order valence-corrected chi connectivity index (χ4v) is 2.71. The molecule has 0 radical (unpaired) electrons. The number of hydrogen-bond acceptors (Lipinski definition) is 4. The van der Waals surface area contributed by atoms with Crippen LogP contribution in [0, 0.1) is 5.82 Å². The molecule has 28 heavy (non-hydrogen) atoms. The summed E-state index contributed by atoms with van der Waals surface area (Å²) in [6, 6.07) is 17.6. The highest BCUT2D eigenvalue weighted by atomic mass is 19.1. The van der Waals surface area contributed by atoms with Gasteiger partial charge in [0.25, 0.3) is 5.91 Å². The van der Waals surface area contributed by atoms with Crippen molar-refractivity contribution in [1.29, 1.82) is 0 Å². The van der Waals surface area contributed by atoms with Crippen molar-refractivity contribution in [3.8, 4) is 5.75 Å². The van der Waals surface area contributed by atoms with Crippen LogP contribution in [0.3, 0.4) is 0 Å². The van der Waals surface area contributed by atoms with Gasteiger partial charge in [0.05, 0.1) is 7.11 Å². The van der Waals surface area contributed by atoms with E-state index in [1.807, 2.05) is 24.3 Å². The van der Waals surface area contributed by atoms with Crippen molar-refractivity contribution in [3.63, 3.8) is 0 Å². The zero-order chi connectivity index (χ0) is 19.8. The van der Waals surface area contributed by atoms with Crippen molar-refractivity contribution in [3.05, 3.63) is 89.4 Å². The van der Waals surface area contributed by atoms with Crippen LogP contribution in [0.1, 0.15) is 21.5 Å². The lowest BCUT2D eigenvalue weighted by Gasteiger charge is -2.09. The first kappa shape index (κ1) is 19.4. The van der Waals surface area contributed by atoms with E-state index in [2.05, 4.69) is 15.6 Å². The standard InChI is InChI=1S/C22H22FN3O2/c1-28-19-8-6-16(7-9-19)10-12-24-21-14-17(11-13-25-21)22(27)26-15-18-4-2-3-5-20(18)23/h2-9,11,13-14H,10,12,15H2,1H3,(H,24,25)(H,26,27). The van der Waals surface area contributed by atoms with Crippen molar-refractivity contribution in [1.82, 2.24) is 10.3 Å². The van der Waals surface area contributed by atoms with Crippen LogP contribution in [0.25, 0.3) is 0 Å². The van der Waals surface area contributed by atoms with Gasteiger partial charge in [-0.25, -0.2) is 9.37 Å². The van der Waals surface area contributed by atoms with Crippen LogP contribution in [-0.2, 0) is 13.0 Å². The van der Waals surface area contributed by atoms with Crippen LogP contribution in [-0.4, -0.2) is 24.5 Å². The van der Waals surface area contributed by atoms with Gasteiger partial charge in [-0.3, -0.25) is 4.79 Å². The SMILES string of the molecule is COc1ccc(CCNc2cc(C(=O)NCc3ccccc3F)ccn2)cc1. The third-order valence-electron chi connectivity index (χ3n) is 4.30. The first-order chi connectivity index (χ1) is 13.7. The number of benzene rings is 2. The molecular weight excluding hydrogens is 357 g/mol. The lowest BCUT2D eigenvalue weighted by molar-refractivity contribution is 0.0950. The second-order valence-corrected chi connectivity index (χ2v) is 6.23. The highest BCUT2D eigenvalue weighted by Crippen LogP contribution is 2.13. The minimum absolute atomic E-state index is 0.133. The predicted molar refractivity (Wildman–Crippen MR) is 107 cm³/mol. The Balaban J connectivity index is 1.52. The number of nitrogens with zero attached hydrogens (tertiary/aromatic N) is 1. The van der Waals surface area contributed by atoms with Crippen molar-refractivity contribution < 1.29 is 13.9 Å². The second-order valence-electron chi connectivity index (χ2n) is 6.23. The molecule has 0 bridgehead atoms. The maximum absolute atomic E-state index is 13.7. The summed E-state index contributed by atoms with van der Waals surface area (Å²) in [6.45, 7) is 0.813. The third kappa shape index (κ3) is 5.30. The summed E-state index contributed by atoms with van der Waals surface area (Å²) in [5, 5.41) is 5.95. The Morgan fingerprint density at radius 1 is 1.11 bits per heavy atom. The number of halogens is 1. The Hall–Kier alpha value is -3.41. The quantitative estimate of drug-likeness (QED) is 0.625. The molecule has 0 aliphatic heterocycles. The van der Waals surface area contributed by atoms with E-state index in [0.29, 0.717) is 23.5 Å². The molecular formula is C22H22FN3O2. The van der Waals surface area contributed by atoms with Gasteiger partial charge in [-0.05, 0) is 42.3 Å². The molecule has 2 N–H and O–H groups in total. The van der Waals surface area contributed by atoms with Gasteiger partial charge in [-0.15, -0.1) is 0 Å². The maximum atomic E-state index is 13.7. The average molecular weight is 379 g/mol. The average Bonchev–Trinajstić information content (AvgIpc) is 2.74. The highest BCUT2D eigenvalue weighted by Gasteiger charge is 2.08. The van der Waals surface area contributed by atoms with Gasteiger partial charge in [0.2, 0.25) is 0 Å². The zero-order valence-corrected chi connectivity index (χ0v) is 15.6. The van der Waals surface area contributed by atoms with Crippen molar-refractivity contribution in [2.24, 2.45) is 0 Å². The molecule has 0 saturated heterocycles. The number of ether oxygens (including phenoxy) is 1. The zero-order valence-electron chi connectivity index (χ0n) is 15.6. The topological polar surface area (TPSA) is 63.2 Å². The van der Waals surface area contributed by atoms with E-state index in [-0.39, 0.29) is 18.3 Å². The van der Waals surface area contributed by atoms with E-state index < -0.39 is 0 Å². The van der Waals surface area contributed by atoms with E-state index in [1.165, 1.54) is 11.6 Å². The number of carbonyl (C=O) groups excluding carboxylic acids is 1. The summed E-state index contributed by atoms with van der Waals surface area (Å²) in [6.07, 6.45) is 2.39. The number of aromatic nitrogens is 1. The van der Waals surface area contributed by atoms with Crippen molar-refractivity contribution >= 4 is 11.7 Å². The van der Waals surface area contributed by atoms with Gasteiger partial charge in [0.15, 0.2) is 0 Å². The summed E-state index contributed by atoms with van der Waals surface area (Å²) in [7, 11) is 1.64. The summed E-state index contributed by atoms with van der Waals surface area (Å²) < 4.78 is 18.8. The fraction of sp³-hybridized carbons (Fsp3) is 0.182. The molecule has 6 heteroatoms. The molecule has 0 aliphatic carbocycles. The summed E-state index contributed by atoms with van der Waals surface area (Å²) in [4.78, 5) is 16.6. The van der Waals surface area contributed by atoms with E-state index >= 15 is 0 Å². The molecule has 5 nitrogen and oxygen atoms in total. The second kappa shape index (κ2) is 9.50. The van der Waals surface area contributed by atoms with Crippen LogP contribution in [0.5, 0.6) is 5.75 Å². The van der Waals surface area contributed by atoms with Gasteiger partial charge in [-0.2, -0.15) is 0 Å². The molecule has 3 aromatic rings. The Labute approximate surface area is 163 Å². The normalized spacial score (nSPS) is 10.4. The van der Waals surface area contributed by atoms with Gasteiger partial charge >= 0.3 is 0 Å². The molecule has 0 saturated carbocycles. The first-order valence-corrected chi connectivity index (χ1v) is 9.00. The molecule has 0 unspecified atom stereocenters. The van der Waals surface area contributed by atoms with E-state index in [9.17, 15) is 9.18 Å². The molecule has 0 fully saturated rings. The summed E-state index contributed by atoms with van der Waals surface area (Å²) in [5.74, 6) is 0.835. The number of nitrogens with one attached hydrogen (secondary N) is 2. The Bertz CT molecular complexity index is 929. The molecule has 0 atom stereocenters. The number of methoxy groups -OCH3 is 1. The van der Waals surface area contributed by atoms with Crippen molar-refractivity contribution in [2.45, 2.75) is 13.0 Å². The number of carbonyl (C=O) groups is 1. The minimum Gasteiger partial charge on any atom is -0.497 e. The van der Waals surface area contributed by atoms with Crippen LogP contribution in [0.2, 0.25) is 0 Å². The van der Waals surface area contributed by atoms with Crippen LogP contribution in [0.4, 0.5) is 10.2 Å². The number of anilines is 1. The van der Waals surface area contributed by atoms with E-state index in [0.717, 1.165) is 12.2 Å². The van der Waals surface area contributed by atoms with Crippen LogP contribution < -0.4 is 15.4 Å². The highest BCUT2D eigenvalue weighted by molar-refractivity contribution is 5.94. The lowest BCUT2D eigenvalue weighted by atomic mass is 10.1. The van der Waals surface area contributed by atoms with Gasteiger partial charge in [-0.1, -0.05) is 30.3 Å². The molecule has 0 spiro atoms. The van der Waals surface area contributed by atoms with Crippen LogP contribution in [0.15, 0.2) is 66.9 Å². The largest absolute Gasteiger partial charge is 0.497 e. The first-order valence-electron chi connectivity index (χ1n) is 9.00. The molecule has 3 rings (SSSR count). The van der Waals surface area contributed by atoms with Gasteiger partial charge in [0.1, 0.15) is 17.4 Å². The predicted octanol–water partition coefficient (Wildman–Crippen LogP) is 3.81. The molecule has 1 amide bonds. The van der Waals surface area contributed by atoms with Crippen LogP contribution >= 0.6 is 0 Å². The summed E-state index contributed by atoms with van der Waals surface area (Å²) >= 11 is 0. The summed E-state index contributed by atoms with van der Waals surface area (Å²) in [5.41, 5.74) is 2.09. The molecule has 144 valence electrons. The molecule has 1 heterocycles. The fourth-order valence-electron chi connectivity index (χ4n) is 2.71. The Morgan fingerprint density at radius 3 is 2.64 bits per heavy atom. The Morgan fingerprint density at radius 2 is 1.89 bits per heavy atom. The Kier molecular flexibility index (Phi) is 6.57. The third-order valence-corrected chi connectivity index (χ3v) is 4.30.